The lowest BCUT2D eigenvalue weighted by Crippen LogP contribution is -2.32. The van der Waals surface area contributed by atoms with Crippen molar-refractivity contribution < 1.29 is 9.47 Å². The van der Waals surface area contributed by atoms with Crippen LogP contribution in [-0.2, 0) is 11.3 Å². The molecule has 1 unspecified atom stereocenters. The van der Waals surface area contributed by atoms with Crippen LogP contribution in [0, 0.1) is 0 Å². The van der Waals surface area contributed by atoms with Crippen molar-refractivity contribution in [1.29, 1.82) is 0 Å². The number of aromatic nitrogens is 3. The molecule has 0 N–H and O–H groups in total. The summed E-state index contributed by atoms with van der Waals surface area (Å²) in [5.41, 5.74) is 0. The molecule has 26 heavy (non-hydrogen) atoms. The second-order valence-corrected chi connectivity index (χ2v) is 7.61. The van der Waals surface area contributed by atoms with Crippen molar-refractivity contribution in [3.05, 3.63) is 40.9 Å². The molecule has 2 aromatic rings. The fourth-order valence-electron chi connectivity index (χ4n) is 3.67. The number of likely N-dealkylation sites (tertiary alicyclic amines) is 1. The molecule has 0 spiro atoms. The largest absolute Gasteiger partial charge is 0.485 e. The first-order valence-corrected chi connectivity index (χ1v) is 9.67. The fraction of sp³-hybridized carbons (Fsp3) is 0.579. The molecular formula is C19H25ClN4O2. The Kier molecular flexibility index (Phi) is 5.43. The number of piperidine rings is 1. The summed E-state index contributed by atoms with van der Waals surface area (Å²) in [5.74, 6) is 2.86. The first kappa shape index (κ1) is 17.8. The minimum atomic E-state index is 0.335. The van der Waals surface area contributed by atoms with Crippen LogP contribution in [0.25, 0.3) is 0 Å². The molecule has 0 bridgehead atoms. The van der Waals surface area contributed by atoms with Crippen LogP contribution in [0.3, 0.4) is 0 Å². The smallest absolute Gasteiger partial charge is 0.188 e. The number of rotatable bonds is 5. The molecule has 0 radical (unpaired) electrons. The second kappa shape index (κ2) is 7.94. The van der Waals surface area contributed by atoms with Crippen LogP contribution in [0.4, 0.5) is 0 Å². The first-order chi connectivity index (χ1) is 12.7. The monoisotopic (exact) mass is 376 g/mol. The van der Waals surface area contributed by atoms with Crippen LogP contribution >= 0.6 is 11.6 Å². The maximum Gasteiger partial charge on any atom is 0.188 e. The van der Waals surface area contributed by atoms with Gasteiger partial charge in [0.1, 0.15) is 18.2 Å². The Morgan fingerprint density at radius 1 is 1.27 bits per heavy atom. The average Bonchev–Trinajstić information content (AvgIpc) is 3.30. The van der Waals surface area contributed by atoms with E-state index in [9.17, 15) is 0 Å². The number of benzene rings is 1. The van der Waals surface area contributed by atoms with Gasteiger partial charge in [-0.1, -0.05) is 17.7 Å². The molecular weight excluding hydrogens is 352 g/mol. The highest BCUT2D eigenvalue weighted by Crippen LogP contribution is 2.30. The fourth-order valence-corrected chi connectivity index (χ4v) is 3.85. The van der Waals surface area contributed by atoms with E-state index in [4.69, 9.17) is 31.2 Å². The van der Waals surface area contributed by atoms with Crippen LogP contribution < -0.4 is 4.74 Å². The molecule has 0 saturated carbocycles. The Morgan fingerprint density at radius 2 is 2.12 bits per heavy atom. The van der Waals surface area contributed by atoms with E-state index in [0.717, 1.165) is 63.0 Å². The zero-order valence-corrected chi connectivity index (χ0v) is 15.9. The van der Waals surface area contributed by atoms with E-state index in [0.29, 0.717) is 23.6 Å². The summed E-state index contributed by atoms with van der Waals surface area (Å²) in [7, 11) is 2.17. The van der Waals surface area contributed by atoms with Crippen LogP contribution in [0.5, 0.6) is 5.75 Å². The highest BCUT2D eigenvalue weighted by atomic mass is 35.5. The Bertz CT molecular complexity index is 737. The third kappa shape index (κ3) is 4.03. The Morgan fingerprint density at radius 3 is 2.85 bits per heavy atom. The van der Waals surface area contributed by atoms with Crippen LogP contribution in [0.15, 0.2) is 24.3 Å². The lowest BCUT2D eigenvalue weighted by Gasteiger charge is -2.30. The van der Waals surface area contributed by atoms with E-state index in [-0.39, 0.29) is 0 Å². The standard InChI is InChI=1S/C19H25ClN4O2/c1-23-8-5-16(6-9-23)24-19(14-7-10-25-12-14)21-18(22-24)13-26-17-4-2-3-15(20)11-17/h2-4,11,14,16H,5-10,12-13H2,1H3. The molecule has 0 aliphatic carbocycles. The van der Waals surface area contributed by atoms with Gasteiger partial charge in [0.2, 0.25) is 0 Å². The van der Waals surface area contributed by atoms with Gasteiger partial charge < -0.3 is 14.4 Å². The van der Waals surface area contributed by atoms with Gasteiger partial charge in [0, 0.05) is 17.5 Å². The maximum absolute atomic E-state index is 6.02. The van der Waals surface area contributed by atoms with Gasteiger partial charge in [-0.15, -0.1) is 0 Å². The summed E-state index contributed by atoms with van der Waals surface area (Å²) in [6.45, 7) is 4.08. The zero-order valence-electron chi connectivity index (χ0n) is 15.1. The third-order valence-electron chi connectivity index (χ3n) is 5.19. The van der Waals surface area contributed by atoms with Crippen molar-refractivity contribution in [3.63, 3.8) is 0 Å². The van der Waals surface area contributed by atoms with E-state index < -0.39 is 0 Å². The summed E-state index contributed by atoms with van der Waals surface area (Å²) < 4.78 is 13.6. The van der Waals surface area contributed by atoms with Gasteiger partial charge in [0.25, 0.3) is 0 Å². The molecule has 4 rings (SSSR count). The maximum atomic E-state index is 6.02. The molecule has 1 aromatic heterocycles. The molecule has 1 aromatic carbocycles. The predicted octanol–water partition coefficient (Wildman–Crippen LogP) is 3.28. The van der Waals surface area contributed by atoms with E-state index in [1.54, 1.807) is 6.07 Å². The van der Waals surface area contributed by atoms with Gasteiger partial charge in [-0.2, -0.15) is 5.10 Å². The molecule has 2 fully saturated rings. The zero-order chi connectivity index (χ0) is 17.9. The second-order valence-electron chi connectivity index (χ2n) is 7.17. The molecule has 0 amide bonds. The minimum Gasteiger partial charge on any atom is -0.485 e. The van der Waals surface area contributed by atoms with Gasteiger partial charge in [-0.05, 0) is 57.6 Å². The van der Waals surface area contributed by atoms with E-state index in [1.165, 1.54) is 0 Å². The van der Waals surface area contributed by atoms with Gasteiger partial charge in [0.05, 0.1) is 12.6 Å². The van der Waals surface area contributed by atoms with Crippen molar-refractivity contribution in [2.24, 2.45) is 0 Å². The van der Waals surface area contributed by atoms with Crippen molar-refractivity contribution in [3.8, 4) is 5.75 Å². The lowest BCUT2D eigenvalue weighted by molar-refractivity contribution is 0.188. The quantitative estimate of drug-likeness (QED) is 0.801. The molecule has 140 valence electrons. The molecule has 1 atom stereocenters. The molecule has 2 saturated heterocycles. The summed E-state index contributed by atoms with van der Waals surface area (Å²) >= 11 is 6.02. The van der Waals surface area contributed by atoms with Crippen LogP contribution in [-0.4, -0.2) is 53.0 Å². The number of hydrogen-bond donors (Lipinski definition) is 0. The first-order valence-electron chi connectivity index (χ1n) is 9.29. The summed E-state index contributed by atoms with van der Waals surface area (Å²) in [4.78, 5) is 7.19. The van der Waals surface area contributed by atoms with Gasteiger partial charge in [-0.3, -0.25) is 0 Å². The summed E-state index contributed by atoms with van der Waals surface area (Å²) in [6.07, 6.45) is 3.23. The molecule has 7 heteroatoms. The Balaban J connectivity index is 1.52. The summed E-state index contributed by atoms with van der Waals surface area (Å²) in [5, 5.41) is 5.48. The number of nitrogens with zero attached hydrogens (tertiary/aromatic N) is 4. The van der Waals surface area contributed by atoms with Crippen LogP contribution in [0.2, 0.25) is 5.02 Å². The summed E-state index contributed by atoms with van der Waals surface area (Å²) in [6, 6.07) is 7.82. The number of hydrogen-bond acceptors (Lipinski definition) is 5. The van der Waals surface area contributed by atoms with Gasteiger partial charge in [0.15, 0.2) is 5.82 Å². The van der Waals surface area contributed by atoms with Gasteiger partial charge in [-0.25, -0.2) is 9.67 Å². The predicted molar refractivity (Wildman–Crippen MR) is 99.8 cm³/mol. The van der Waals surface area contributed by atoms with E-state index in [1.807, 2.05) is 18.2 Å². The van der Waals surface area contributed by atoms with Gasteiger partial charge >= 0.3 is 0 Å². The van der Waals surface area contributed by atoms with Crippen molar-refractivity contribution >= 4 is 11.6 Å². The Hall–Kier alpha value is -1.63. The highest BCUT2D eigenvalue weighted by Gasteiger charge is 2.29. The van der Waals surface area contributed by atoms with E-state index >= 15 is 0 Å². The minimum absolute atomic E-state index is 0.335. The lowest BCUT2D eigenvalue weighted by atomic mass is 10.0. The van der Waals surface area contributed by atoms with Crippen molar-refractivity contribution in [1.82, 2.24) is 19.7 Å². The number of ether oxygens (including phenoxy) is 2. The van der Waals surface area contributed by atoms with Crippen molar-refractivity contribution in [2.45, 2.75) is 37.8 Å². The normalized spacial score (nSPS) is 22.0. The molecule has 2 aliphatic heterocycles. The number of halogens is 1. The Labute approximate surface area is 159 Å². The SMILES string of the molecule is CN1CCC(n2nc(COc3cccc(Cl)c3)nc2C2CCOC2)CC1. The molecule has 2 aliphatic rings. The third-order valence-corrected chi connectivity index (χ3v) is 5.43. The average molecular weight is 377 g/mol. The highest BCUT2D eigenvalue weighted by molar-refractivity contribution is 6.30. The van der Waals surface area contributed by atoms with Crippen molar-refractivity contribution in [2.75, 3.05) is 33.4 Å². The topological polar surface area (TPSA) is 52.4 Å². The molecule has 6 nitrogen and oxygen atoms in total. The molecule has 3 heterocycles. The van der Waals surface area contributed by atoms with E-state index in [2.05, 4.69) is 16.6 Å². The van der Waals surface area contributed by atoms with Crippen LogP contribution in [0.1, 0.15) is 42.9 Å².